The number of fused-ring (bicyclic) bond motifs is 1. The van der Waals surface area contributed by atoms with Crippen molar-refractivity contribution < 1.29 is 13.9 Å². The number of esters is 1. The summed E-state index contributed by atoms with van der Waals surface area (Å²) in [6, 6.07) is 6.44. The van der Waals surface area contributed by atoms with Crippen LogP contribution in [0, 0.1) is 34.5 Å². The highest BCUT2D eigenvalue weighted by molar-refractivity contribution is 6.30. The van der Waals surface area contributed by atoms with E-state index < -0.39 is 23.6 Å². The van der Waals surface area contributed by atoms with Crippen molar-refractivity contribution in [3.63, 3.8) is 0 Å². The molecule has 7 nitrogen and oxygen atoms in total. The Kier molecular flexibility index (Phi) is 7.58. The zero-order valence-corrected chi connectivity index (χ0v) is 24.8. The SMILES string of the molecule is CNc1c(N)[nH]c2c(C(=O)OC3C(C(C)(C)C)CC(C)CC3C(C)(C)C)c(-c3ccc(Cl)cc3)c(F)n2c1=O. The zero-order chi connectivity index (χ0) is 29.0. The fraction of sp³-hybridized carbons (Fsp3) is 0.533. The number of nitrogen functional groups attached to an aromatic ring is 1. The Morgan fingerprint density at radius 2 is 1.64 bits per heavy atom. The number of benzene rings is 1. The molecule has 1 aliphatic carbocycles. The van der Waals surface area contributed by atoms with Gasteiger partial charge >= 0.3 is 5.97 Å². The summed E-state index contributed by atoms with van der Waals surface area (Å²) in [5.74, 6) is -0.928. The van der Waals surface area contributed by atoms with E-state index in [0.29, 0.717) is 16.5 Å². The molecular formula is C30H40ClFN4O3. The molecule has 2 heterocycles. The Labute approximate surface area is 234 Å². The second-order valence-corrected chi connectivity index (χ2v) is 13.5. The Balaban J connectivity index is 1.95. The van der Waals surface area contributed by atoms with E-state index >= 15 is 4.39 Å². The van der Waals surface area contributed by atoms with Gasteiger partial charge in [-0.1, -0.05) is 72.2 Å². The molecule has 1 fully saturated rings. The van der Waals surface area contributed by atoms with Crippen LogP contribution in [0.5, 0.6) is 0 Å². The van der Waals surface area contributed by atoms with E-state index in [2.05, 4.69) is 58.8 Å². The van der Waals surface area contributed by atoms with Gasteiger partial charge in [0.15, 0.2) is 0 Å². The fourth-order valence-electron chi connectivity index (χ4n) is 6.14. The molecule has 0 radical (unpaired) electrons. The lowest BCUT2D eigenvalue weighted by molar-refractivity contribution is -0.0922. The van der Waals surface area contributed by atoms with Crippen LogP contribution < -0.4 is 16.6 Å². The van der Waals surface area contributed by atoms with Gasteiger partial charge in [0.1, 0.15) is 28.8 Å². The van der Waals surface area contributed by atoms with Crippen LogP contribution in [0.3, 0.4) is 0 Å². The Morgan fingerprint density at radius 1 is 1.10 bits per heavy atom. The van der Waals surface area contributed by atoms with Crippen LogP contribution in [0.25, 0.3) is 16.8 Å². The standard InChI is InChI=1S/C30H40ClFN4O3/c1-15-13-18(29(2,3)4)23(19(14-15)30(5,6)7)39-28(38)21-20(16-9-11-17(31)12-10-16)24(32)36-26(21)35-25(33)22(34-8)27(36)37/h9-12,15,18-19,23,34-35H,13-14,33H2,1-8H3. The fourth-order valence-corrected chi connectivity index (χ4v) is 6.27. The number of carbonyl (C=O) groups is 1. The van der Waals surface area contributed by atoms with Gasteiger partial charge in [-0.25, -0.2) is 9.20 Å². The molecule has 1 aliphatic rings. The van der Waals surface area contributed by atoms with Gasteiger partial charge in [-0.05, 0) is 47.3 Å². The van der Waals surface area contributed by atoms with Crippen molar-refractivity contribution in [2.45, 2.75) is 67.4 Å². The van der Waals surface area contributed by atoms with Crippen molar-refractivity contribution in [3.05, 3.63) is 51.2 Å². The summed E-state index contributed by atoms with van der Waals surface area (Å²) in [5, 5.41) is 3.17. The number of rotatable bonds is 4. The minimum atomic E-state index is -0.881. The Hall–Kier alpha value is -3.00. The summed E-state index contributed by atoms with van der Waals surface area (Å²) in [6.45, 7) is 15.2. The first-order valence-corrected chi connectivity index (χ1v) is 13.8. The number of ether oxygens (including phenoxy) is 1. The maximum Gasteiger partial charge on any atom is 0.342 e. The molecule has 0 saturated heterocycles. The van der Waals surface area contributed by atoms with Crippen LogP contribution in [0.15, 0.2) is 29.1 Å². The first-order chi connectivity index (χ1) is 18.1. The molecule has 0 amide bonds. The van der Waals surface area contributed by atoms with Crippen molar-refractivity contribution in [1.82, 2.24) is 9.38 Å². The van der Waals surface area contributed by atoms with Crippen molar-refractivity contribution in [2.24, 2.45) is 28.6 Å². The molecule has 9 heteroatoms. The quantitative estimate of drug-likeness (QED) is 0.299. The lowest BCUT2D eigenvalue weighted by atomic mass is 9.59. The largest absolute Gasteiger partial charge is 0.458 e. The number of anilines is 2. The number of halogens is 2. The van der Waals surface area contributed by atoms with Gasteiger partial charge in [0.25, 0.3) is 5.56 Å². The van der Waals surface area contributed by atoms with E-state index in [0.717, 1.165) is 17.2 Å². The van der Waals surface area contributed by atoms with Gasteiger partial charge in [-0.2, -0.15) is 4.39 Å². The highest BCUT2D eigenvalue weighted by Crippen LogP contribution is 2.50. The first-order valence-electron chi connectivity index (χ1n) is 13.5. The summed E-state index contributed by atoms with van der Waals surface area (Å²) in [4.78, 5) is 30.3. The molecule has 3 aromatic rings. The predicted octanol–water partition coefficient (Wildman–Crippen LogP) is 6.99. The van der Waals surface area contributed by atoms with Crippen molar-refractivity contribution >= 4 is 34.7 Å². The number of nitrogens with two attached hydrogens (primary N) is 1. The Bertz CT molecular complexity index is 1420. The molecule has 2 unspecified atom stereocenters. The number of hydrogen-bond donors (Lipinski definition) is 3. The van der Waals surface area contributed by atoms with Crippen LogP contribution in [0.4, 0.5) is 15.9 Å². The van der Waals surface area contributed by atoms with Crippen LogP contribution in [-0.2, 0) is 4.74 Å². The molecule has 0 aliphatic heterocycles. The minimum absolute atomic E-state index is 0.000773. The lowest BCUT2D eigenvalue weighted by Gasteiger charge is -2.50. The molecule has 0 spiro atoms. The number of aromatic nitrogens is 2. The zero-order valence-electron chi connectivity index (χ0n) is 24.0. The molecule has 4 N–H and O–H groups in total. The third-order valence-electron chi connectivity index (χ3n) is 8.21. The smallest absolute Gasteiger partial charge is 0.342 e. The number of H-pyrrole nitrogens is 1. The number of aromatic amines is 1. The lowest BCUT2D eigenvalue weighted by Crippen LogP contribution is -2.49. The highest BCUT2D eigenvalue weighted by Gasteiger charge is 2.48. The monoisotopic (exact) mass is 558 g/mol. The number of carbonyl (C=O) groups excluding carboxylic acids is 1. The van der Waals surface area contributed by atoms with E-state index in [1.54, 1.807) is 24.3 Å². The topological polar surface area (TPSA) is 102 Å². The van der Waals surface area contributed by atoms with E-state index in [4.69, 9.17) is 22.1 Å². The van der Waals surface area contributed by atoms with Gasteiger partial charge in [0, 0.05) is 23.9 Å². The van der Waals surface area contributed by atoms with Gasteiger partial charge in [0.05, 0.1) is 5.56 Å². The van der Waals surface area contributed by atoms with E-state index in [9.17, 15) is 9.59 Å². The number of hydrogen-bond acceptors (Lipinski definition) is 5. The molecular weight excluding hydrogens is 519 g/mol. The van der Waals surface area contributed by atoms with Crippen molar-refractivity contribution in [2.75, 3.05) is 18.1 Å². The van der Waals surface area contributed by atoms with Crippen LogP contribution >= 0.6 is 11.6 Å². The van der Waals surface area contributed by atoms with E-state index in [1.165, 1.54) is 7.05 Å². The predicted molar refractivity (Wildman–Crippen MR) is 156 cm³/mol. The second-order valence-electron chi connectivity index (χ2n) is 13.1. The maximum atomic E-state index is 16.1. The molecule has 2 aromatic heterocycles. The summed E-state index contributed by atoms with van der Waals surface area (Å²) in [6.07, 6.45) is 1.43. The molecule has 1 aromatic carbocycles. The molecule has 212 valence electrons. The van der Waals surface area contributed by atoms with Crippen molar-refractivity contribution in [1.29, 1.82) is 0 Å². The molecule has 1 saturated carbocycles. The summed E-state index contributed by atoms with van der Waals surface area (Å²) in [7, 11) is 1.52. The van der Waals surface area contributed by atoms with Gasteiger partial charge < -0.3 is 20.8 Å². The van der Waals surface area contributed by atoms with Gasteiger partial charge in [0.2, 0.25) is 5.95 Å². The molecule has 0 bridgehead atoms. The Morgan fingerprint density at radius 3 is 2.13 bits per heavy atom. The number of nitrogens with one attached hydrogen (secondary N) is 2. The van der Waals surface area contributed by atoms with Crippen molar-refractivity contribution in [3.8, 4) is 11.1 Å². The summed E-state index contributed by atoms with van der Waals surface area (Å²) < 4.78 is 23.4. The third-order valence-corrected chi connectivity index (χ3v) is 8.47. The van der Waals surface area contributed by atoms with Gasteiger partial charge in [-0.3, -0.25) is 4.79 Å². The maximum absolute atomic E-state index is 16.1. The second kappa shape index (κ2) is 10.2. The average molecular weight is 559 g/mol. The average Bonchev–Trinajstić information content (AvgIpc) is 3.11. The molecule has 4 rings (SSSR count). The summed E-state index contributed by atoms with van der Waals surface area (Å²) in [5.41, 5.74) is 5.39. The first kappa shape index (κ1) is 29.0. The van der Waals surface area contributed by atoms with Crippen LogP contribution in [0.2, 0.25) is 5.02 Å². The van der Waals surface area contributed by atoms with E-state index in [1.807, 2.05) is 0 Å². The number of nitrogens with zero attached hydrogens (tertiary/aromatic N) is 1. The third kappa shape index (κ3) is 5.28. The van der Waals surface area contributed by atoms with E-state index in [-0.39, 0.29) is 50.9 Å². The minimum Gasteiger partial charge on any atom is -0.458 e. The highest BCUT2D eigenvalue weighted by atomic mass is 35.5. The molecule has 2 atom stereocenters. The normalized spacial score (nSPS) is 22.2. The van der Waals surface area contributed by atoms with Crippen LogP contribution in [0.1, 0.15) is 71.7 Å². The van der Waals surface area contributed by atoms with Crippen LogP contribution in [-0.4, -0.2) is 28.5 Å². The van der Waals surface area contributed by atoms with Gasteiger partial charge in [-0.15, -0.1) is 0 Å². The molecule has 39 heavy (non-hydrogen) atoms. The summed E-state index contributed by atoms with van der Waals surface area (Å²) >= 11 is 6.09.